The van der Waals surface area contributed by atoms with Crippen LogP contribution in [0.3, 0.4) is 0 Å². The molecule has 0 radical (unpaired) electrons. The molecule has 1 heterocycles. The van der Waals surface area contributed by atoms with Crippen molar-refractivity contribution >= 4 is 28.9 Å². The first-order valence-electron chi connectivity index (χ1n) is 6.15. The van der Waals surface area contributed by atoms with E-state index in [0.29, 0.717) is 22.9 Å². The molecule has 2 aromatic rings. The van der Waals surface area contributed by atoms with Gasteiger partial charge >= 0.3 is 5.97 Å². The van der Waals surface area contributed by atoms with Crippen molar-refractivity contribution < 1.29 is 14.3 Å². The van der Waals surface area contributed by atoms with Crippen molar-refractivity contribution in [2.24, 2.45) is 0 Å². The summed E-state index contributed by atoms with van der Waals surface area (Å²) in [6.45, 7) is 0.611. The molecule has 0 atom stereocenters. The maximum absolute atomic E-state index is 13.4. The maximum Gasteiger partial charge on any atom is 0.337 e. The molecule has 0 saturated heterocycles. The zero-order valence-corrected chi connectivity index (χ0v) is 11.2. The predicted molar refractivity (Wildman–Crippen MR) is 75.5 cm³/mol. The molecular formula is C15H11ClFNO2. The molecule has 3 nitrogen and oxygen atoms in total. The number of hydrogen-bond donors (Lipinski definition) is 1. The Morgan fingerprint density at radius 1 is 1.20 bits per heavy atom. The van der Waals surface area contributed by atoms with Crippen LogP contribution in [0.5, 0.6) is 0 Å². The fourth-order valence-electron chi connectivity index (χ4n) is 2.51. The van der Waals surface area contributed by atoms with Gasteiger partial charge in [-0.2, -0.15) is 0 Å². The van der Waals surface area contributed by atoms with Gasteiger partial charge in [0.2, 0.25) is 0 Å². The second-order valence-corrected chi connectivity index (χ2v) is 5.08. The average Bonchev–Trinajstić information content (AvgIpc) is 2.81. The van der Waals surface area contributed by atoms with Gasteiger partial charge in [0.15, 0.2) is 0 Å². The highest BCUT2D eigenvalue weighted by Gasteiger charge is 2.25. The smallest absolute Gasteiger partial charge is 0.337 e. The lowest BCUT2D eigenvalue weighted by molar-refractivity contribution is 0.0697. The van der Waals surface area contributed by atoms with E-state index in [0.717, 1.165) is 12.0 Å². The summed E-state index contributed by atoms with van der Waals surface area (Å²) < 4.78 is 13.4. The van der Waals surface area contributed by atoms with Crippen molar-refractivity contribution in [2.75, 3.05) is 11.4 Å². The van der Waals surface area contributed by atoms with Gasteiger partial charge in [-0.3, -0.25) is 0 Å². The number of fused-ring (bicyclic) bond motifs is 1. The third-order valence-corrected chi connectivity index (χ3v) is 3.66. The lowest BCUT2D eigenvalue weighted by Crippen LogP contribution is -2.17. The highest BCUT2D eigenvalue weighted by Crippen LogP contribution is 2.37. The number of carbonyl (C=O) groups is 1. The largest absolute Gasteiger partial charge is 0.478 e. The number of carboxylic acids is 1. The van der Waals surface area contributed by atoms with Crippen molar-refractivity contribution in [2.45, 2.75) is 6.42 Å². The molecule has 0 unspecified atom stereocenters. The second kappa shape index (κ2) is 4.80. The van der Waals surface area contributed by atoms with E-state index in [1.807, 2.05) is 0 Å². The Hall–Kier alpha value is -2.07. The third-order valence-electron chi connectivity index (χ3n) is 3.42. The summed E-state index contributed by atoms with van der Waals surface area (Å²) in [5, 5.41) is 9.73. The lowest BCUT2D eigenvalue weighted by atomic mass is 10.1. The molecule has 5 heteroatoms. The maximum atomic E-state index is 13.4. The Balaban J connectivity index is 2.14. The van der Waals surface area contributed by atoms with E-state index in [1.165, 1.54) is 24.3 Å². The molecule has 0 bridgehead atoms. The second-order valence-electron chi connectivity index (χ2n) is 4.64. The molecule has 1 N–H and O–H groups in total. The Bertz CT molecular complexity index is 702. The third kappa shape index (κ3) is 2.12. The number of aromatic carboxylic acids is 1. The van der Waals surface area contributed by atoms with Crippen molar-refractivity contribution in [3.8, 4) is 0 Å². The van der Waals surface area contributed by atoms with Gasteiger partial charge in [-0.05, 0) is 42.3 Å². The van der Waals surface area contributed by atoms with Crippen LogP contribution in [0.2, 0.25) is 5.02 Å². The van der Waals surface area contributed by atoms with Crippen LogP contribution in [0.4, 0.5) is 15.8 Å². The summed E-state index contributed by atoms with van der Waals surface area (Å²) in [4.78, 5) is 13.1. The van der Waals surface area contributed by atoms with Crippen molar-refractivity contribution in [1.29, 1.82) is 0 Å². The quantitative estimate of drug-likeness (QED) is 0.913. The summed E-state index contributed by atoms with van der Waals surface area (Å²) in [6.07, 6.45) is 0.751. The van der Waals surface area contributed by atoms with E-state index < -0.39 is 5.97 Å². The van der Waals surface area contributed by atoms with Gasteiger partial charge in [0, 0.05) is 17.3 Å². The van der Waals surface area contributed by atoms with Crippen molar-refractivity contribution in [3.63, 3.8) is 0 Å². The van der Waals surface area contributed by atoms with E-state index in [9.17, 15) is 14.3 Å². The molecule has 102 valence electrons. The van der Waals surface area contributed by atoms with Crippen molar-refractivity contribution in [3.05, 3.63) is 58.4 Å². The number of anilines is 2. The average molecular weight is 292 g/mol. The summed E-state index contributed by atoms with van der Waals surface area (Å²) in [7, 11) is 0. The normalized spacial score (nSPS) is 13.4. The molecule has 2 aromatic carbocycles. The van der Waals surface area contributed by atoms with Crippen molar-refractivity contribution in [1.82, 2.24) is 0 Å². The minimum absolute atomic E-state index is 0.159. The van der Waals surface area contributed by atoms with Crippen LogP contribution in [0.15, 0.2) is 36.4 Å². The van der Waals surface area contributed by atoms with E-state index in [4.69, 9.17) is 11.6 Å². The molecule has 0 amide bonds. The van der Waals surface area contributed by atoms with Crippen LogP contribution < -0.4 is 4.90 Å². The van der Waals surface area contributed by atoms with E-state index in [1.54, 1.807) is 17.0 Å². The number of hydrogen-bond acceptors (Lipinski definition) is 2. The molecule has 1 aliphatic heterocycles. The summed E-state index contributed by atoms with van der Waals surface area (Å²) in [5.41, 5.74) is 2.36. The number of nitrogens with zero attached hydrogens (tertiary/aromatic N) is 1. The molecule has 1 aliphatic rings. The SMILES string of the molecule is O=C(O)c1ccc(Cl)cc1N1CCc2ccc(F)cc21. The van der Waals surface area contributed by atoms with Crippen LogP contribution in [-0.4, -0.2) is 17.6 Å². The fraction of sp³-hybridized carbons (Fsp3) is 0.133. The minimum Gasteiger partial charge on any atom is -0.478 e. The van der Waals surface area contributed by atoms with Gasteiger partial charge < -0.3 is 10.0 Å². The molecule has 0 aromatic heterocycles. The summed E-state index contributed by atoms with van der Waals surface area (Å²) in [6, 6.07) is 9.18. The number of carboxylic acid groups (broad SMARTS) is 1. The van der Waals surface area contributed by atoms with Crippen LogP contribution in [0.25, 0.3) is 0 Å². The zero-order valence-electron chi connectivity index (χ0n) is 10.4. The van der Waals surface area contributed by atoms with E-state index in [2.05, 4.69) is 0 Å². The summed E-state index contributed by atoms with van der Waals surface area (Å²) in [5.74, 6) is -1.36. The standard InChI is InChI=1S/C15H11ClFNO2/c16-10-2-4-12(15(19)20)14(7-10)18-6-5-9-1-3-11(17)8-13(9)18/h1-4,7-8H,5-6H2,(H,19,20). The monoisotopic (exact) mass is 291 g/mol. The van der Waals surface area contributed by atoms with Gasteiger partial charge in [-0.1, -0.05) is 17.7 Å². The minimum atomic E-state index is -1.03. The van der Waals surface area contributed by atoms with Crippen LogP contribution in [0, 0.1) is 5.82 Å². The highest BCUT2D eigenvalue weighted by molar-refractivity contribution is 6.31. The Morgan fingerprint density at radius 2 is 2.00 bits per heavy atom. The van der Waals surface area contributed by atoms with Gasteiger partial charge in [0.05, 0.1) is 11.3 Å². The van der Waals surface area contributed by atoms with Crippen LogP contribution in [0.1, 0.15) is 15.9 Å². The molecular weight excluding hydrogens is 281 g/mol. The van der Waals surface area contributed by atoms with Gasteiger partial charge in [0.25, 0.3) is 0 Å². The first-order chi connectivity index (χ1) is 9.56. The zero-order chi connectivity index (χ0) is 14.3. The van der Waals surface area contributed by atoms with Gasteiger partial charge in [0.1, 0.15) is 5.82 Å². The Morgan fingerprint density at radius 3 is 2.75 bits per heavy atom. The summed E-state index contributed by atoms with van der Waals surface area (Å²) >= 11 is 5.96. The Kier molecular flexibility index (Phi) is 3.10. The van der Waals surface area contributed by atoms with Crippen LogP contribution >= 0.6 is 11.6 Å². The molecule has 0 fully saturated rings. The van der Waals surface area contributed by atoms with Gasteiger partial charge in [-0.25, -0.2) is 9.18 Å². The van der Waals surface area contributed by atoms with Crippen LogP contribution in [-0.2, 0) is 6.42 Å². The molecule has 20 heavy (non-hydrogen) atoms. The number of benzene rings is 2. The lowest BCUT2D eigenvalue weighted by Gasteiger charge is -2.21. The predicted octanol–water partition coefficient (Wildman–Crippen LogP) is 3.87. The molecule has 0 aliphatic carbocycles. The Labute approximate surface area is 120 Å². The number of halogens is 2. The first kappa shape index (κ1) is 12.9. The van der Waals surface area contributed by atoms with E-state index >= 15 is 0 Å². The van der Waals surface area contributed by atoms with Gasteiger partial charge in [-0.15, -0.1) is 0 Å². The fourth-order valence-corrected chi connectivity index (χ4v) is 2.68. The molecule has 0 saturated carbocycles. The number of rotatable bonds is 2. The molecule has 0 spiro atoms. The van der Waals surface area contributed by atoms with E-state index in [-0.39, 0.29) is 11.4 Å². The topological polar surface area (TPSA) is 40.5 Å². The molecule has 3 rings (SSSR count). The first-order valence-corrected chi connectivity index (χ1v) is 6.53. The highest BCUT2D eigenvalue weighted by atomic mass is 35.5.